The van der Waals surface area contributed by atoms with Gasteiger partial charge in [0, 0.05) is 19.6 Å². The molecule has 0 radical (unpaired) electrons. The van der Waals surface area contributed by atoms with Crippen LogP contribution in [0.4, 0.5) is 4.39 Å². The first-order valence-electron chi connectivity index (χ1n) is 5.71. The van der Waals surface area contributed by atoms with Crippen LogP contribution in [0.2, 0.25) is 0 Å². The van der Waals surface area contributed by atoms with Crippen molar-refractivity contribution in [3.05, 3.63) is 35.6 Å². The Kier molecular flexibility index (Phi) is 6.34. The van der Waals surface area contributed by atoms with Crippen LogP contribution in [0.15, 0.2) is 29.3 Å². The van der Waals surface area contributed by atoms with E-state index in [0.717, 1.165) is 19.5 Å². The highest BCUT2D eigenvalue weighted by molar-refractivity contribution is 14.0. The number of aliphatic imine (C=N–C) groups is 1. The molecule has 6 heteroatoms. The van der Waals surface area contributed by atoms with E-state index >= 15 is 0 Å². The first kappa shape index (κ1) is 15.2. The lowest BCUT2D eigenvalue weighted by Crippen LogP contribution is -2.42. The van der Waals surface area contributed by atoms with Gasteiger partial charge < -0.3 is 15.7 Å². The summed E-state index contributed by atoms with van der Waals surface area (Å²) in [6, 6.07) is 5.98. The molecule has 100 valence electrons. The lowest BCUT2D eigenvalue weighted by Gasteiger charge is -2.18. The minimum absolute atomic E-state index is 0. The molecule has 1 heterocycles. The van der Waals surface area contributed by atoms with Crippen molar-refractivity contribution in [1.29, 1.82) is 0 Å². The number of nitrogens with one attached hydrogen (secondary N) is 2. The van der Waals surface area contributed by atoms with Crippen LogP contribution in [-0.4, -0.2) is 30.7 Å². The third kappa shape index (κ3) is 4.41. The molecule has 1 unspecified atom stereocenters. The molecule has 1 aliphatic rings. The Morgan fingerprint density at radius 1 is 1.50 bits per heavy atom. The van der Waals surface area contributed by atoms with Crippen LogP contribution in [0.25, 0.3) is 0 Å². The number of aliphatic hydroxyl groups excluding tert-OH is 1. The fraction of sp³-hybridized carbons (Fsp3) is 0.417. The number of nitrogens with zero attached hydrogens (tertiary/aromatic N) is 1. The molecule has 3 N–H and O–H groups in total. The Morgan fingerprint density at radius 3 is 3.00 bits per heavy atom. The molecule has 0 fully saturated rings. The summed E-state index contributed by atoms with van der Waals surface area (Å²) < 4.78 is 13.0. The van der Waals surface area contributed by atoms with Gasteiger partial charge in [-0.3, -0.25) is 4.99 Å². The number of halogens is 2. The van der Waals surface area contributed by atoms with E-state index in [-0.39, 0.29) is 29.8 Å². The summed E-state index contributed by atoms with van der Waals surface area (Å²) in [7, 11) is 0. The monoisotopic (exact) mass is 365 g/mol. The van der Waals surface area contributed by atoms with Crippen molar-refractivity contribution in [2.24, 2.45) is 4.99 Å². The maximum absolute atomic E-state index is 13.0. The van der Waals surface area contributed by atoms with Crippen molar-refractivity contribution in [3.8, 4) is 0 Å². The summed E-state index contributed by atoms with van der Waals surface area (Å²) in [6.45, 7) is 2.00. The van der Waals surface area contributed by atoms with Crippen molar-refractivity contribution in [2.45, 2.75) is 12.5 Å². The summed E-state index contributed by atoms with van der Waals surface area (Å²) in [5, 5.41) is 16.0. The molecule has 0 amide bonds. The van der Waals surface area contributed by atoms with Gasteiger partial charge in [-0.2, -0.15) is 0 Å². The van der Waals surface area contributed by atoms with E-state index in [1.807, 2.05) is 0 Å². The number of hydrogen-bond acceptors (Lipinski definition) is 4. The zero-order valence-corrected chi connectivity index (χ0v) is 12.2. The summed E-state index contributed by atoms with van der Waals surface area (Å²) in [4.78, 5) is 4.22. The van der Waals surface area contributed by atoms with Crippen molar-refractivity contribution in [1.82, 2.24) is 10.6 Å². The summed E-state index contributed by atoms with van der Waals surface area (Å²) in [5.74, 6) is 0.362. The van der Waals surface area contributed by atoms with Gasteiger partial charge in [0.05, 0.1) is 6.10 Å². The van der Waals surface area contributed by atoms with Gasteiger partial charge in [0.1, 0.15) is 5.82 Å². The van der Waals surface area contributed by atoms with Gasteiger partial charge >= 0.3 is 0 Å². The average Bonchev–Trinajstić information content (AvgIpc) is 2.37. The summed E-state index contributed by atoms with van der Waals surface area (Å²) >= 11 is 0. The molecular weight excluding hydrogens is 348 g/mol. The van der Waals surface area contributed by atoms with E-state index in [2.05, 4.69) is 15.6 Å². The van der Waals surface area contributed by atoms with E-state index in [1.165, 1.54) is 12.1 Å². The van der Waals surface area contributed by atoms with Gasteiger partial charge in [-0.25, -0.2) is 4.39 Å². The first-order chi connectivity index (χ1) is 8.25. The summed E-state index contributed by atoms with van der Waals surface area (Å²) in [6.07, 6.45) is 0.287. The largest absolute Gasteiger partial charge is 0.387 e. The van der Waals surface area contributed by atoms with E-state index in [4.69, 9.17) is 0 Å². The molecule has 0 saturated carbocycles. The number of hydrogen-bond donors (Lipinski definition) is 3. The molecule has 1 aliphatic heterocycles. The molecule has 0 aromatic heterocycles. The van der Waals surface area contributed by atoms with Crippen molar-refractivity contribution in [2.75, 3.05) is 19.6 Å². The topological polar surface area (TPSA) is 56.6 Å². The quantitative estimate of drug-likeness (QED) is 0.711. The van der Waals surface area contributed by atoms with Crippen LogP contribution in [0.5, 0.6) is 0 Å². The number of aliphatic hydroxyl groups is 1. The predicted molar refractivity (Wildman–Crippen MR) is 79.7 cm³/mol. The maximum Gasteiger partial charge on any atom is 0.191 e. The van der Waals surface area contributed by atoms with Crippen LogP contribution in [0.3, 0.4) is 0 Å². The number of benzene rings is 1. The smallest absolute Gasteiger partial charge is 0.191 e. The normalized spacial score (nSPS) is 16.0. The molecule has 0 aliphatic carbocycles. The molecule has 4 nitrogen and oxygen atoms in total. The number of rotatable bonds is 3. The minimum Gasteiger partial charge on any atom is -0.387 e. The first-order valence-corrected chi connectivity index (χ1v) is 5.71. The highest BCUT2D eigenvalue weighted by atomic mass is 127. The van der Waals surface area contributed by atoms with Crippen LogP contribution in [0, 0.1) is 5.82 Å². The van der Waals surface area contributed by atoms with E-state index in [1.54, 1.807) is 12.1 Å². The Balaban J connectivity index is 0.00000162. The van der Waals surface area contributed by atoms with Gasteiger partial charge in [-0.1, -0.05) is 12.1 Å². The van der Waals surface area contributed by atoms with Gasteiger partial charge in [0.15, 0.2) is 5.96 Å². The molecule has 1 atom stereocenters. The van der Waals surface area contributed by atoms with Crippen LogP contribution < -0.4 is 10.6 Å². The van der Waals surface area contributed by atoms with Crippen molar-refractivity contribution >= 4 is 29.9 Å². The minimum atomic E-state index is -0.739. The second kappa shape index (κ2) is 7.52. The molecule has 1 aromatic carbocycles. The van der Waals surface area contributed by atoms with Gasteiger partial charge in [-0.05, 0) is 24.1 Å². The van der Waals surface area contributed by atoms with E-state index < -0.39 is 6.10 Å². The Bertz CT molecular complexity index is 414. The van der Waals surface area contributed by atoms with Crippen molar-refractivity contribution < 1.29 is 9.50 Å². The van der Waals surface area contributed by atoms with Crippen LogP contribution in [0.1, 0.15) is 18.1 Å². The highest BCUT2D eigenvalue weighted by Crippen LogP contribution is 2.12. The molecule has 2 rings (SSSR count). The molecule has 1 aromatic rings. The second-order valence-electron chi connectivity index (χ2n) is 3.96. The Labute approximate surface area is 123 Å². The highest BCUT2D eigenvalue weighted by Gasteiger charge is 2.10. The van der Waals surface area contributed by atoms with E-state index in [9.17, 15) is 9.50 Å². The average molecular weight is 365 g/mol. The second-order valence-corrected chi connectivity index (χ2v) is 3.96. The van der Waals surface area contributed by atoms with Gasteiger partial charge in [0.25, 0.3) is 0 Å². The Morgan fingerprint density at radius 2 is 2.33 bits per heavy atom. The third-order valence-corrected chi connectivity index (χ3v) is 2.59. The number of guanidine groups is 1. The van der Waals surface area contributed by atoms with E-state index in [0.29, 0.717) is 18.1 Å². The predicted octanol–water partition coefficient (Wildman–Crippen LogP) is 1.42. The van der Waals surface area contributed by atoms with Crippen molar-refractivity contribution in [3.63, 3.8) is 0 Å². The molecule has 0 saturated heterocycles. The summed E-state index contributed by atoms with van der Waals surface area (Å²) in [5.41, 5.74) is 0.564. The molecular formula is C12H17FIN3O. The van der Waals surface area contributed by atoms with Crippen LogP contribution in [-0.2, 0) is 0 Å². The standard InChI is InChI=1S/C12H16FN3O.HI/c13-10-4-1-3-9(7-10)11(17)8-16-12-14-5-2-6-15-12;/h1,3-4,7,11,17H,2,5-6,8H2,(H2,14,15,16);1H. The van der Waals surface area contributed by atoms with Gasteiger partial charge in [0.2, 0.25) is 0 Å². The zero-order valence-electron chi connectivity index (χ0n) is 9.90. The van der Waals surface area contributed by atoms with Gasteiger partial charge in [-0.15, -0.1) is 24.0 Å². The lowest BCUT2D eigenvalue weighted by molar-refractivity contribution is 0.180. The zero-order chi connectivity index (χ0) is 12.1. The maximum atomic E-state index is 13.0. The lowest BCUT2D eigenvalue weighted by atomic mass is 10.1. The Hall–Kier alpha value is -0.890. The van der Waals surface area contributed by atoms with Crippen LogP contribution >= 0.6 is 24.0 Å². The fourth-order valence-corrected chi connectivity index (χ4v) is 1.68. The molecule has 0 bridgehead atoms. The fourth-order valence-electron chi connectivity index (χ4n) is 1.68. The third-order valence-electron chi connectivity index (χ3n) is 2.59. The SMILES string of the molecule is I.OC(CNC1=NCCCN1)c1cccc(F)c1. The molecule has 18 heavy (non-hydrogen) atoms. The molecule has 0 spiro atoms.